The summed E-state index contributed by atoms with van der Waals surface area (Å²) < 4.78 is 12.7. The van der Waals surface area contributed by atoms with Crippen LogP contribution in [0, 0.1) is 6.92 Å². The minimum absolute atomic E-state index is 0.135. The Morgan fingerprint density at radius 2 is 1.84 bits per heavy atom. The topological polar surface area (TPSA) is 71.8 Å². The zero-order valence-corrected chi connectivity index (χ0v) is 17.3. The average molecular weight is 416 g/mol. The van der Waals surface area contributed by atoms with Gasteiger partial charge >= 0.3 is 0 Å². The molecule has 0 spiro atoms. The number of aromatic nitrogens is 1. The molecule has 3 heterocycles. The number of hydrogen-bond donors (Lipinski definition) is 1. The molecule has 31 heavy (non-hydrogen) atoms. The Hall–Kier alpha value is -3.87. The Bertz CT molecular complexity index is 1210. The molecule has 3 aromatic rings. The maximum Gasteiger partial charge on any atom is 0.294 e. The van der Waals surface area contributed by atoms with E-state index in [1.165, 1.54) is 0 Å². The van der Waals surface area contributed by atoms with Gasteiger partial charge in [-0.05, 0) is 37.6 Å². The number of amides is 2. The van der Waals surface area contributed by atoms with Gasteiger partial charge in [0.15, 0.2) is 17.7 Å². The number of fused-ring (bicyclic) bond motifs is 2. The molecule has 0 fully saturated rings. The van der Waals surface area contributed by atoms with E-state index in [1.807, 2.05) is 60.2 Å². The molecule has 1 atom stereocenters. The molecule has 0 saturated carbocycles. The van der Waals surface area contributed by atoms with E-state index in [2.05, 4.69) is 5.32 Å². The van der Waals surface area contributed by atoms with Gasteiger partial charge in [-0.1, -0.05) is 24.3 Å². The summed E-state index contributed by atoms with van der Waals surface area (Å²) in [5, 5.41) is 3.03. The largest absolute Gasteiger partial charge is 0.454 e. The van der Waals surface area contributed by atoms with Gasteiger partial charge in [-0.2, -0.15) is 4.57 Å². The van der Waals surface area contributed by atoms with Crippen LogP contribution in [0.3, 0.4) is 0 Å². The van der Waals surface area contributed by atoms with Crippen molar-refractivity contribution in [2.24, 2.45) is 0 Å². The lowest BCUT2D eigenvalue weighted by molar-refractivity contribution is -0.697. The van der Waals surface area contributed by atoms with Gasteiger partial charge in [0.2, 0.25) is 24.6 Å². The highest BCUT2D eigenvalue weighted by atomic mass is 16.7. The highest BCUT2D eigenvalue weighted by molar-refractivity contribution is 6.08. The molecular formula is C24H22N3O4+. The van der Waals surface area contributed by atoms with Crippen molar-refractivity contribution in [1.82, 2.24) is 0 Å². The molecule has 0 bridgehead atoms. The Labute approximate surface area is 179 Å². The number of hydrogen-bond acceptors (Lipinski definition) is 4. The van der Waals surface area contributed by atoms with Crippen LogP contribution in [0.15, 0.2) is 66.9 Å². The lowest BCUT2D eigenvalue weighted by Crippen LogP contribution is -2.67. The van der Waals surface area contributed by atoms with Gasteiger partial charge in [0.1, 0.15) is 0 Å². The summed E-state index contributed by atoms with van der Waals surface area (Å²) in [6, 6.07) is 18.5. The average Bonchev–Trinajstić information content (AvgIpc) is 3.23. The van der Waals surface area contributed by atoms with Crippen molar-refractivity contribution in [3.8, 4) is 11.5 Å². The molecule has 0 saturated heterocycles. The lowest BCUT2D eigenvalue weighted by Gasteiger charge is -2.40. The Kier molecular flexibility index (Phi) is 4.39. The number of para-hydroxylation sites is 1. The zero-order chi connectivity index (χ0) is 21.6. The van der Waals surface area contributed by atoms with E-state index in [4.69, 9.17) is 9.47 Å². The lowest BCUT2D eigenvalue weighted by atomic mass is 9.89. The molecule has 0 radical (unpaired) electrons. The van der Waals surface area contributed by atoms with E-state index >= 15 is 0 Å². The van der Waals surface area contributed by atoms with Crippen LogP contribution in [-0.2, 0) is 21.7 Å². The van der Waals surface area contributed by atoms with E-state index in [-0.39, 0.29) is 25.2 Å². The Balaban J connectivity index is 1.64. The Morgan fingerprint density at radius 3 is 2.68 bits per heavy atom. The first kappa shape index (κ1) is 19.1. The van der Waals surface area contributed by atoms with E-state index in [0.717, 1.165) is 11.3 Å². The third kappa shape index (κ3) is 3.01. The van der Waals surface area contributed by atoms with Crippen LogP contribution >= 0.6 is 0 Å². The highest BCUT2D eigenvalue weighted by Crippen LogP contribution is 2.41. The number of pyridine rings is 1. The maximum atomic E-state index is 13.8. The second-order valence-corrected chi connectivity index (χ2v) is 7.82. The number of carbonyl (C=O) groups excluding carboxylic acids is 2. The summed E-state index contributed by atoms with van der Waals surface area (Å²) >= 11 is 0. The summed E-state index contributed by atoms with van der Waals surface area (Å²) in [7, 11) is 0. The molecule has 1 N–H and O–H groups in total. The number of carbonyl (C=O) groups is 2. The number of rotatable bonds is 3. The van der Waals surface area contributed by atoms with Crippen molar-refractivity contribution >= 4 is 23.2 Å². The van der Waals surface area contributed by atoms with Crippen LogP contribution in [0.5, 0.6) is 11.5 Å². The quantitative estimate of drug-likeness (QED) is 0.667. The molecule has 7 nitrogen and oxygen atoms in total. The summed E-state index contributed by atoms with van der Waals surface area (Å²) in [6.45, 7) is 3.98. The summed E-state index contributed by atoms with van der Waals surface area (Å²) in [6.07, 6.45) is 1.82. The van der Waals surface area contributed by atoms with Gasteiger partial charge in [-0.25, -0.2) is 0 Å². The molecule has 2 aliphatic heterocycles. The first-order valence-corrected chi connectivity index (χ1v) is 10.1. The second-order valence-electron chi connectivity index (χ2n) is 7.82. The Morgan fingerprint density at radius 1 is 1.06 bits per heavy atom. The van der Waals surface area contributed by atoms with Crippen LogP contribution in [0.2, 0.25) is 0 Å². The van der Waals surface area contributed by atoms with Crippen LogP contribution < -0.4 is 24.3 Å². The van der Waals surface area contributed by atoms with Crippen LogP contribution in [0.1, 0.15) is 18.2 Å². The molecule has 7 heteroatoms. The monoisotopic (exact) mass is 416 g/mol. The minimum atomic E-state index is -1.29. The molecule has 2 aromatic carbocycles. The number of nitrogens with one attached hydrogen (secondary N) is 1. The third-order valence-corrected chi connectivity index (χ3v) is 5.89. The van der Waals surface area contributed by atoms with E-state index in [1.54, 1.807) is 30.0 Å². The fourth-order valence-electron chi connectivity index (χ4n) is 4.24. The fourth-order valence-corrected chi connectivity index (χ4v) is 4.24. The molecular weight excluding hydrogens is 394 g/mol. The predicted octanol–water partition coefficient (Wildman–Crippen LogP) is 2.91. The van der Waals surface area contributed by atoms with Crippen LogP contribution in [0.4, 0.5) is 11.4 Å². The maximum absolute atomic E-state index is 13.8. The predicted molar refractivity (Wildman–Crippen MR) is 114 cm³/mol. The van der Waals surface area contributed by atoms with Crippen molar-refractivity contribution in [3.63, 3.8) is 0 Å². The molecule has 156 valence electrons. The van der Waals surface area contributed by atoms with Gasteiger partial charge < -0.3 is 14.8 Å². The third-order valence-electron chi connectivity index (χ3n) is 5.89. The van der Waals surface area contributed by atoms with Crippen molar-refractivity contribution in [2.45, 2.75) is 25.9 Å². The van der Waals surface area contributed by atoms with Gasteiger partial charge in [-0.3, -0.25) is 14.5 Å². The number of anilines is 2. The van der Waals surface area contributed by atoms with Gasteiger partial charge in [-0.15, -0.1) is 0 Å². The smallest absolute Gasteiger partial charge is 0.294 e. The number of nitrogens with zero attached hydrogens (tertiary/aromatic N) is 2. The van der Waals surface area contributed by atoms with E-state index in [9.17, 15) is 9.59 Å². The molecule has 5 rings (SSSR count). The molecule has 0 aliphatic carbocycles. The molecule has 2 aliphatic rings. The minimum Gasteiger partial charge on any atom is -0.454 e. The first-order chi connectivity index (χ1) is 15.0. The number of benzene rings is 2. The SMILES string of the molecule is Cc1ccccc1NC(=O)[C@@]1(C)c2cccc[n+]2CC(=O)N1c1ccc2c(c1)OCO2. The van der Waals surface area contributed by atoms with Gasteiger partial charge in [0, 0.05) is 29.6 Å². The highest BCUT2D eigenvalue weighted by Gasteiger charge is 2.54. The van der Waals surface area contributed by atoms with Crippen LogP contribution in [-0.4, -0.2) is 18.6 Å². The van der Waals surface area contributed by atoms with Crippen molar-refractivity contribution in [1.29, 1.82) is 0 Å². The first-order valence-electron chi connectivity index (χ1n) is 10.1. The summed E-state index contributed by atoms with van der Waals surface area (Å²) in [5.41, 5.74) is 1.66. The normalized spacial score (nSPS) is 19.2. The standard InChI is InChI=1S/C24H21N3O4/c1-16-7-3-4-8-18(16)25-23(29)24(2)21-9-5-6-12-26(21)14-22(28)27(24)17-10-11-19-20(13-17)31-15-30-19/h3-13H,14-15H2,1-2H3/p+1/t24-/m1/s1. The molecule has 0 unspecified atom stereocenters. The second kappa shape index (κ2) is 7.12. The van der Waals surface area contributed by atoms with E-state index < -0.39 is 5.54 Å². The van der Waals surface area contributed by atoms with Gasteiger partial charge in [0.05, 0.1) is 0 Å². The van der Waals surface area contributed by atoms with Crippen molar-refractivity contribution in [3.05, 3.63) is 78.1 Å². The van der Waals surface area contributed by atoms with Crippen molar-refractivity contribution < 1.29 is 23.6 Å². The molecule has 1 aromatic heterocycles. The zero-order valence-electron chi connectivity index (χ0n) is 17.3. The van der Waals surface area contributed by atoms with Crippen molar-refractivity contribution in [2.75, 3.05) is 17.0 Å². The summed E-state index contributed by atoms with van der Waals surface area (Å²) in [5.74, 6) is 0.685. The number of aryl methyl sites for hydroxylation is 1. The fraction of sp³-hybridized carbons (Fsp3) is 0.208. The molecule has 2 amide bonds. The number of ether oxygens (including phenoxy) is 2. The van der Waals surface area contributed by atoms with E-state index in [0.29, 0.717) is 22.9 Å². The van der Waals surface area contributed by atoms with Gasteiger partial charge in [0.25, 0.3) is 11.8 Å². The summed E-state index contributed by atoms with van der Waals surface area (Å²) in [4.78, 5) is 28.7. The van der Waals surface area contributed by atoms with Crippen LogP contribution in [0.25, 0.3) is 0 Å².